The molecule has 0 aromatic heterocycles. The second-order valence-electron chi connectivity index (χ2n) is 5.04. The number of likely N-dealkylation sites (N-methyl/N-ethyl adjacent to an activating group) is 1. The zero-order chi connectivity index (χ0) is 17.4. The van der Waals surface area contributed by atoms with Gasteiger partial charge in [-0.05, 0) is 24.5 Å². The number of hydrogen-bond donors (Lipinski definition) is 1. The Bertz CT molecular complexity index is 559. The van der Waals surface area contributed by atoms with Crippen LogP contribution in [0.1, 0.15) is 12.8 Å². The van der Waals surface area contributed by atoms with E-state index in [2.05, 4.69) is 6.58 Å². The minimum absolute atomic E-state index is 0.0348. The van der Waals surface area contributed by atoms with Crippen molar-refractivity contribution in [2.45, 2.75) is 18.9 Å². The van der Waals surface area contributed by atoms with E-state index in [9.17, 15) is 9.59 Å². The monoisotopic (exact) mass is 321 g/mol. The van der Waals surface area contributed by atoms with Gasteiger partial charge in [-0.3, -0.25) is 0 Å². The molecule has 1 heterocycles. The van der Waals surface area contributed by atoms with Gasteiger partial charge >= 0.3 is 11.9 Å². The van der Waals surface area contributed by atoms with Gasteiger partial charge < -0.3 is 19.5 Å². The molecule has 126 valence electrons. The van der Waals surface area contributed by atoms with Crippen LogP contribution in [0.25, 0.3) is 0 Å². The maximum Gasteiger partial charge on any atom is 0.340 e. The molecule has 1 rings (SSSR count). The molecule has 6 heteroatoms. The minimum Gasteiger partial charge on any atom is -0.465 e. The van der Waals surface area contributed by atoms with Crippen LogP contribution in [0.15, 0.2) is 47.7 Å². The lowest BCUT2D eigenvalue weighted by Gasteiger charge is -2.25. The molecule has 0 aliphatic carbocycles. The van der Waals surface area contributed by atoms with Gasteiger partial charge in [0.1, 0.15) is 0 Å². The normalized spacial score (nSPS) is 18.0. The van der Waals surface area contributed by atoms with Crippen molar-refractivity contribution in [1.82, 2.24) is 4.90 Å². The van der Waals surface area contributed by atoms with Gasteiger partial charge in [0.25, 0.3) is 0 Å². The number of ether oxygens (including phenoxy) is 2. The lowest BCUT2D eigenvalue weighted by atomic mass is 9.97. The van der Waals surface area contributed by atoms with Crippen molar-refractivity contribution in [3.63, 3.8) is 0 Å². The largest absolute Gasteiger partial charge is 0.465 e. The minimum atomic E-state index is -0.625. The number of aliphatic hydroxyl groups is 1. The smallest absolute Gasteiger partial charge is 0.340 e. The number of carbonyl (C=O) groups is 2. The summed E-state index contributed by atoms with van der Waals surface area (Å²) in [6, 6.07) is -0.154. The van der Waals surface area contributed by atoms with E-state index in [1.165, 1.54) is 14.2 Å². The fraction of sp³-hybridized carbons (Fsp3) is 0.412. The van der Waals surface area contributed by atoms with Crippen LogP contribution >= 0.6 is 0 Å². The van der Waals surface area contributed by atoms with Crippen molar-refractivity contribution in [2.75, 3.05) is 27.9 Å². The van der Waals surface area contributed by atoms with Crippen LogP contribution in [0.4, 0.5) is 0 Å². The number of aliphatic hydroxyl groups excluding tert-OH is 1. The van der Waals surface area contributed by atoms with E-state index >= 15 is 0 Å². The summed E-state index contributed by atoms with van der Waals surface area (Å²) in [5, 5.41) is 9.04. The van der Waals surface area contributed by atoms with E-state index in [1.807, 2.05) is 6.08 Å². The highest BCUT2D eigenvalue weighted by Gasteiger charge is 2.25. The van der Waals surface area contributed by atoms with Gasteiger partial charge in [-0.15, -0.1) is 6.58 Å². The molecular weight excluding hydrogens is 298 g/mol. The molecule has 1 aliphatic heterocycles. The summed E-state index contributed by atoms with van der Waals surface area (Å²) >= 11 is 0. The molecule has 1 aliphatic rings. The molecule has 0 radical (unpaired) electrons. The third-order valence-electron chi connectivity index (χ3n) is 3.48. The van der Waals surface area contributed by atoms with E-state index in [4.69, 9.17) is 14.6 Å². The molecule has 0 amide bonds. The van der Waals surface area contributed by atoms with Crippen molar-refractivity contribution in [2.24, 2.45) is 0 Å². The van der Waals surface area contributed by atoms with Gasteiger partial charge in [-0.2, -0.15) is 0 Å². The topological polar surface area (TPSA) is 76.1 Å². The number of nitrogens with zero attached hydrogens (tertiary/aromatic N) is 1. The molecule has 0 aromatic rings. The summed E-state index contributed by atoms with van der Waals surface area (Å²) in [5.74, 6) is -1.25. The average molecular weight is 321 g/mol. The van der Waals surface area contributed by atoms with Crippen molar-refractivity contribution < 1.29 is 24.2 Å². The van der Waals surface area contributed by atoms with Crippen LogP contribution in [0, 0.1) is 0 Å². The summed E-state index contributed by atoms with van der Waals surface area (Å²) in [4.78, 5) is 25.9. The van der Waals surface area contributed by atoms with Crippen molar-refractivity contribution in [3.05, 3.63) is 47.7 Å². The Morgan fingerprint density at radius 2 is 1.91 bits per heavy atom. The Hall–Kier alpha value is -2.34. The van der Waals surface area contributed by atoms with Crippen LogP contribution in [-0.4, -0.2) is 55.9 Å². The summed E-state index contributed by atoms with van der Waals surface area (Å²) < 4.78 is 9.56. The van der Waals surface area contributed by atoms with Gasteiger partial charge in [0, 0.05) is 19.9 Å². The molecule has 0 aromatic carbocycles. The number of esters is 2. The quantitative estimate of drug-likeness (QED) is 0.588. The number of hydrogen-bond acceptors (Lipinski definition) is 6. The highest BCUT2D eigenvalue weighted by molar-refractivity contribution is 6.07. The first-order chi connectivity index (χ1) is 11.0. The Morgan fingerprint density at radius 1 is 1.30 bits per heavy atom. The van der Waals surface area contributed by atoms with Crippen molar-refractivity contribution in [3.8, 4) is 0 Å². The molecule has 0 bridgehead atoms. The molecular formula is C17H23NO5. The van der Waals surface area contributed by atoms with Crippen LogP contribution in [0.3, 0.4) is 0 Å². The molecule has 23 heavy (non-hydrogen) atoms. The van der Waals surface area contributed by atoms with Crippen LogP contribution < -0.4 is 0 Å². The third-order valence-corrected chi connectivity index (χ3v) is 3.48. The van der Waals surface area contributed by atoms with Gasteiger partial charge in [0.2, 0.25) is 0 Å². The maximum absolute atomic E-state index is 12.1. The molecule has 0 fully saturated rings. The average Bonchev–Trinajstić information content (AvgIpc) is 2.56. The SMILES string of the molecule is C=CC1C=C(CCCO)C=C(C(=O)OC)C(C(=O)OC)=CN1C. The zero-order valence-corrected chi connectivity index (χ0v) is 13.7. The number of rotatable bonds is 6. The predicted octanol–water partition coefficient (Wildman–Crippen LogP) is 1.34. The Labute approximate surface area is 136 Å². The Morgan fingerprint density at radius 3 is 2.43 bits per heavy atom. The Kier molecular flexibility index (Phi) is 7.28. The summed E-state index contributed by atoms with van der Waals surface area (Å²) in [6.45, 7) is 3.82. The van der Waals surface area contributed by atoms with Gasteiger partial charge in [0.15, 0.2) is 0 Å². The van der Waals surface area contributed by atoms with Gasteiger partial charge in [-0.1, -0.05) is 12.2 Å². The highest BCUT2D eigenvalue weighted by atomic mass is 16.5. The molecule has 0 spiro atoms. The zero-order valence-electron chi connectivity index (χ0n) is 13.7. The predicted molar refractivity (Wildman–Crippen MR) is 86.3 cm³/mol. The fourth-order valence-electron chi connectivity index (χ4n) is 2.23. The van der Waals surface area contributed by atoms with Crippen molar-refractivity contribution in [1.29, 1.82) is 0 Å². The molecule has 6 nitrogen and oxygen atoms in total. The van der Waals surface area contributed by atoms with E-state index in [1.54, 1.807) is 30.3 Å². The molecule has 0 saturated heterocycles. The first-order valence-electron chi connectivity index (χ1n) is 7.25. The third kappa shape index (κ3) is 4.82. The van der Waals surface area contributed by atoms with E-state index in [0.29, 0.717) is 12.8 Å². The summed E-state index contributed by atoms with van der Waals surface area (Å²) in [7, 11) is 4.28. The first kappa shape index (κ1) is 18.7. The van der Waals surface area contributed by atoms with Gasteiger partial charge in [0.05, 0.1) is 31.4 Å². The lowest BCUT2D eigenvalue weighted by molar-refractivity contribution is -0.139. The van der Waals surface area contributed by atoms with Crippen LogP contribution in [0.5, 0.6) is 0 Å². The lowest BCUT2D eigenvalue weighted by Crippen LogP contribution is -2.27. The molecule has 1 unspecified atom stereocenters. The summed E-state index contributed by atoms with van der Waals surface area (Å²) in [6.07, 6.45) is 7.90. The van der Waals surface area contributed by atoms with E-state index < -0.39 is 11.9 Å². The van der Waals surface area contributed by atoms with Crippen LogP contribution in [-0.2, 0) is 19.1 Å². The number of carbonyl (C=O) groups excluding carboxylic acids is 2. The van der Waals surface area contributed by atoms with Crippen LogP contribution in [0.2, 0.25) is 0 Å². The van der Waals surface area contributed by atoms with Crippen molar-refractivity contribution >= 4 is 11.9 Å². The maximum atomic E-state index is 12.1. The molecule has 1 atom stereocenters. The molecule has 1 N–H and O–H groups in total. The second-order valence-corrected chi connectivity index (χ2v) is 5.04. The Balaban J connectivity index is 3.46. The summed E-state index contributed by atoms with van der Waals surface area (Å²) in [5.41, 5.74) is 1.05. The van der Waals surface area contributed by atoms with E-state index in [0.717, 1.165) is 5.57 Å². The standard InChI is InChI=1S/C17H23NO5/c1-5-13-9-12(7-6-8-19)10-14(16(20)22-3)15(11-18(13)2)17(21)23-4/h5,9-11,13,19H,1,6-8H2,2-4H3. The highest BCUT2D eigenvalue weighted by Crippen LogP contribution is 2.23. The van der Waals surface area contributed by atoms with Gasteiger partial charge in [-0.25, -0.2) is 9.59 Å². The second kappa shape index (κ2) is 8.95. The first-order valence-corrected chi connectivity index (χ1v) is 7.25. The fourth-order valence-corrected chi connectivity index (χ4v) is 2.23. The molecule has 0 saturated carbocycles. The number of methoxy groups -OCH3 is 2. The number of allylic oxidation sites excluding steroid dienone is 2. The van der Waals surface area contributed by atoms with E-state index in [-0.39, 0.29) is 23.8 Å².